The maximum Gasteiger partial charge on any atom is 0.420 e. The van der Waals surface area contributed by atoms with Gasteiger partial charge in [0, 0.05) is 0 Å². The van der Waals surface area contributed by atoms with Crippen LogP contribution in [-0.2, 0) is 4.57 Å². The molecule has 0 saturated heterocycles. The number of rotatable bonds is 1. The Bertz CT molecular complexity index is 36.6. The van der Waals surface area contributed by atoms with E-state index in [2.05, 4.69) is 0 Å². The van der Waals surface area contributed by atoms with Crippen LogP contribution in [0.2, 0.25) is 0 Å². The van der Waals surface area contributed by atoms with Gasteiger partial charge >= 0.3 is 8.61 Å². The maximum atomic E-state index is 9.49. The standard InChI is InChI=1S/CH4NO2P/c1-2(3)5-4/h2H,1H3. The lowest BCUT2D eigenvalue weighted by Crippen LogP contribution is -2.93. The summed E-state index contributed by atoms with van der Waals surface area (Å²) < 4.78 is 9.25. The summed E-state index contributed by atoms with van der Waals surface area (Å²) >= 11 is 0. The van der Waals surface area contributed by atoms with Gasteiger partial charge in [-0.05, 0) is 0 Å². The first-order valence-electron chi connectivity index (χ1n) is 1.11. The van der Waals surface area contributed by atoms with Crippen molar-refractivity contribution in [2.75, 3.05) is 7.05 Å². The summed E-state index contributed by atoms with van der Waals surface area (Å²) in [5, 5.41) is 9.49. The quantitative estimate of drug-likeness (QED) is 0.341. The third-order valence-corrected chi connectivity index (χ3v) is 0.386. The van der Waals surface area contributed by atoms with E-state index >= 15 is 0 Å². The Morgan fingerprint density at radius 2 is 2.20 bits per heavy atom. The molecule has 0 spiro atoms. The lowest BCUT2D eigenvalue weighted by atomic mass is 11.6. The third kappa shape index (κ3) is 4.02. The van der Waals surface area contributed by atoms with Crippen LogP contribution in [0.1, 0.15) is 0 Å². The molecule has 0 heterocycles. The largest absolute Gasteiger partial charge is 0.625 e. The Morgan fingerprint density at radius 1 is 2.00 bits per heavy atom. The minimum Gasteiger partial charge on any atom is -0.625 e. The summed E-state index contributed by atoms with van der Waals surface area (Å²) in [6, 6.07) is 0. The Hall–Kier alpha value is 0.0200. The monoisotopic (exact) mass is 93.0 g/mol. The molecule has 1 N–H and O–H groups in total. The minimum atomic E-state index is -0.392. The number of hydroxylamine groups is 1. The Balaban J connectivity index is 2.83. The van der Waals surface area contributed by atoms with E-state index in [-0.39, 0.29) is 4.83 Å². The Labute approximate surface area is 31.4 Å². The SMILES string of the molecule is C[NH+]([O-])P=O. The second-order valence-electron chi connectivity index (χ2n) is 0.610. The molecule has 0 rings (SSSR count). The first-order valence-corrected chi connectivity index (χ1v) is 1.92. The van der Waals surface area contributed by atoms with Gasteiger partial charge in [0.25, 0.3) is 0 Å². The fourth-order valence-corrected chi connectivity index (χ4v) is 0. The van der Waals surface area contributed by atoms with E-state index in [1.807, 2.05) is 0 Å². The highest BCUT2D eigenvalue weighted by atomic mass is 31.1. The van der Waals surface area contributed by atoms with Crippen LogP contribution in [0.4, 0.5) is 0 Å². The third-order valence-electron chi connectivity index (χ3n) is 0.129. The fourth-order valence-electron chi connectivity index (χ4n) is 0. The van der Waals surface area contributed by atoms with Crippen LogP contribution in [0.25, 0.3) is 0 Å². The van der Waals surface area contributed by atoms with Crippen molar-refractivity contribution in [1.82, 2.24) is 0 Å². The van der Waals surface area contributed by atoms with Crippen LogP contribution in [0.3, 0.4) is 0 Å². The highest BCUT2D eigenvalue weighted by molar-refractivity contribution is 7.15. The number of hydrogen-bond donors (Lipinski definition) is 1. The van der Waals surface area contributed by atoms with Gasteiger partial charge in [0.05, 0.1) is 7.05 Å². The van der Waals surface area contributed by atoms with Crippen molar-refractivity contribution in [3.05, 3.63) is 5.21 Å². The number of quaternary nitrogens is 1. The molecule has 30 valence electrons. The second-order valence-corrected chi connectivity index (χ2v) is 1.42. The van der Waals surface area contributed by atoms with Crippen LogP contribution in [0.5, 0.6) is 0 Å². The van der Waals surface area contributed by atoms with Crippen molar-refractivity contribution < 1.29 is 9.40 Å². The first-order chi connectivity index (χ1) is 2.27. The van der Waals surface area contributed by atoms with Crippen LogP contribution < -0.4 is 4.83 Å². The van der Waals surface area contributed by atoms with Crippen LogP contribution in [0, 0.1) is 5.21 Å². The van der Waals surface area contributed by atoms with Crippen LogP contribution in [0.15, 0.2) is 0 Å². The van der Waals surface area contributed by atoms with Crippen LogP contribution in [-0.4, -0.2) is 7.05 Å². The van der Waals surface area contributed by atoms with Crippen molar-refractivity contribution in [2.24, 2.45) is 0 Å². The second kappa shape index (κ2) is 2.27. The zero-order chi connectivity index (χ0) is 4.28. The molecule has 0 aromatic heterocycles. The molecule has 0 aromatic carbocycles. The van der Waals surface area contributed by atoms with E-state index in [0.29, 0.717) is 0 Å². The molecule has 3 nitrogen and oxygen atoms in total. The number of nitrogens with one attached hydrogen (secondary N) is 1. The number of hydrogen-bond acceptors (Lipinski definition) is 2. The molecule has 0 fully saturated rings. The van der Waals surface area contributed by atoms with Gasteiger partial charge in [0.1, 0.15) is 0 Å². The lowest BCUT2D eigenvalue weighted by Gasteiger charge is -1.98. The Morgan fingerprint density at radius 3 is 2.20 bits per heavy atom. The van der Waals surface area contributed by atoms with Crippen molar-refractivity contribution in [1.29, 1.82) is 0 Å². The van der Waals surface area contributed by atoms with Crippen molar-refractivity contribution in [2.45, 2.75) is 0 Å². The molecule has 0 aliphatic heterocycles. The van der Waals surface area contributed by atoms with E-state index in [9.17, 15) is 9.77 Å². The molecule has 5 heavy (non-hydrogen) atoms. The summed E-state index contributed by atoms with van der Waals surface area (Å²) in [5.74, 6) is 0. The molecule has 0 aliphatic rings. The molecule has 0 aliphatic carbocycles. The zero-order valence-corrected chi connectivity index (χ0v) is 3.66. The van der Waals surface area contributed by atoms with E-state index < -0.39 is 8.61 Å². The minimum absolute atomic E-state index is 0.329. The molecule has 1 unspecified atom stereocenters. The van der Waals surface area contributed by atoms with Gasteiger partial charge < -0.3 is 5.21 Å². The van der Waals surface area contributed by atoms with Gasteiger partial charge in [-0.2, -0.15) is 0 Å². The van der Waals surface area contributed by atoms with Gasteiger partial charge in [-0.3, -0.25) is 4.83 Å². The lowest BCUT2D eigenvalue weighted by molar-refractivity contribution is -0.677. The topological polar surface area (TPSA) is 44.6 Å². The van der Waals surface area contributed by atoms with E-state index in [1.54, 1.807) is 0 Å². The summed E-state index contributed by atoms with van der Waals surface area (Å²) in [5.41, 5.74) is 0. The maximum absolute atomic E-state index is 9.49. The van der Waals surface area contributed by atoms with Crippen molar-refractivity contribution in [3.8, 4) is 0 Å². The van der Waals surface area contributed by atoms with Crippen LogP contribution >= 0.6 is 8.61 Å². The highest BCUT2D eigenvalue weighted by Gasteiger charge is 1.71. The van der Waals surface area contributed by atoms with Gasteiger partial charge in [-0.1, -0.05) is 0 Å². The summed E-state index contributed by atoms with van der Waals surface area (Å²) in [4.78, 5) is -0.329. The summed E-state index contributed by atoms with van der Waals surface area (Å²) in [6.07, 6.45) is 0. The van der Waals surface area contributed by atoms with Crippen molar-refractivity contribution in [3.63, 3.8) is 0 Å². The van der Waals surface area contributed by atoms with E-state index in [0.717, 1.165) is 0 Å². The predicted molar refractivity (Wildman–Crippen MR) is 17.9 cm³/mol. The molecule has 0 aromatic rings. The van der Waals surface area contributed by atoms with Gasteiger partial charge in [0.2, 0.25) is 0 Å². The fraction of sp³-hybridized carbons (Fsp3) is 1.00. The van der Waals surface area contributed by atoms with Gasteiger partial charge in [-0.25, -0.2) is 4.57 Å². The summed E-state index contributed by atoms with van der Waals surface area (Å²) in [7, 11) is 0.867. The van der Waals surface area contributed by atoms with Gasteiger partial charge in [0.15, 0.2) is 0 Å². The molecule has 0 radical (unpaired) electrons. The normalized spacial score (nSPS) is 15.6. The van der Waals surface area contributed by atoms with Crippen molar-refractivity contribution >= 4 is 8.61 Å². The van der Waals surface area contributed by atoms with E-state index in [4.69, 9.17) is 0 Å². The highest BCUT2D eigenvalue weighted by Crippen LogP contribution is 1.59. The molecular weight excluding hydrogens is 89.0 g/mol. The van der Waals surface area contributed by atoms with Gasteiger partial charge in [-0.15, -0.1) is 0 Å². The molecular formula is CH4NO2P. The first kappa shape index (κ1) is 5.02. The molecule has 0 bridgehead atoms. The molecule has 0 amide bonds. The molecule has 0 saturated carbocycles. The zero-order valence-electron chi connectivity index (χ0n) is 2.76. The predicted octanol–water partition coefficient (Wildman–Crippen LogP) is -0.794. The molecule has 4 heteroatoms. The summed E-state index contributed by atoms with van der Waals surface area (Å²) in [6.45, 7) is 0. The average molecular weight is 93.0 g/mol. The Kier molecular flexibility index (Phi) is 2.28. The molecule has 1 atom stereocenters. The average Bonchev–Trinajstić information content (AvgIpc) is 1.38. The van der Waals surface area contributed by atoms with E-state index in [1.165, 1.54) is 7.05 Å². The smallest absolute Gasteiger partial charge is 0.420 e.